The van der Waals surface area contributed by atoms with Gasteiger partial charge in [-0.05, 0) is 29.1 Å². The maximum atomic E-state index is 12.4. The van der Waals surface area contributed by atoms with Gasteiger partial charge in [-0.1, -0.05) is 12.1 Å². The SMILES string of the molecule is Nc1cccc(CC(=O)N2CCN(C(=O)c3ccsc3)CC2)c1. The van der Waals surface area contributed by atoms with Gasteiger partial charge in [-0.2, -0.15) is 11.3 Å². The number of carbonyl (C=O) groups is 2. The van der Waals surface area contributed by atoms with E-state index in [2.05, 4.69) is 0 Å². The molecule has 2 N–H and O–H groups in total. The summed E-state index contributed by atoms with van der Waals surface area (Å²) in [7, 11) is 0. The van der Waals surface area contributed by atoms with Gasteiger partial charge in [0.15, 0.2) is 0 Å². The Hall–Kier alpha value is -2.34. The van der Waals surface area contributed by atoms with Gasteiger partial charge in [-0.15, -0.1) is 0 Å². The Morgan fingerprint density at radius 2 is 1.83 bits per heavy atom. The zero-order chi connectivity index (χ0) is 16.2. The summed E-state index contributed by atoms with van der Waals surface area (Å²) < 4.78 is 0. The van der Waals surface area contributed by atoms with E-state index in [1.807, 2.05) is 50.9 Å². The fourth-order valence-corrected chi connectivity index (χ4v) is 3.35. The number of thiophene rings is 1. The number of hydrogen-bond acceptors (Lipinski definition) is 4. The summed E-state index contributed by atoms with van der Waals surface area (Å²) >= 11 is 1.52. The standard InChI is InChI=1S/C17H19N3O2S/c18-15-3-1-2-13(10-15)11-16(21)19-5-7-20(8-6-19)17(22)14-4-9-23-12-14/h1-4,9-10,12H,5-8,11,18H2. The minimum Gasteiger partial charge on any atom is -0.399 e. The van der Waals surface area contributed by atoms with Crippen molar-refractivity contribution in [2.45, 2.75) is 6.42 Å². The van der Waals surface area contributed by atoms with Crippen LogP contribution in [0.2, 0.25) is 0 Å². The first-order valence-corrected chi connectivity index (χ1v) is 8.51. The van der Waals surface area contributed by atoms with Crippen LogP contribution in [-0.2, 0) is 11.2 Å². The third-order valence-electron chi connectivity index (χ3n) is 3.99. The molecule has 0 spiro atoms. The summed E-state index contributed by atoms with van der Waals surface area (Å²) in [5, 5.41) is 3.76. The van der Waals surface area contributed by atoms with Gasteiger partial charge in [0.25, 0.3) is 5.91 Å². The van der Waals surface area contributed by atoms with E-state index in [9.17, 15) is 9.59 Å². The van der Waals surface area contributed by atoms with Crippen molar-refractivity contribution in [1.29, 1.82) is 0 Å². The van der Waals surface area contributed by atoms with Crippen LogP contribution < -0.4 is 5.73 Å². The Bertz CT molecular complexity index is 692. The number of nitrogens with two attached hydrogens (primary N) is 1. The van der Waals surface area contributed by atoms with Crippen LogP contribution in [0.4, 0.5) is 5.69 Å². The van der Waals surface area contributed by atoms with Gasteiger partial charge >= 0.3 is 0 Å². The molecule has 1 saturated heterocycles. The van der Waals surface area contributed by atoms with Gasteiger partial charge in [0.2, 0.25) is 5.91 Å². The van der Waals surface area contributed by atoms with Crippen molar-refractivity contribution >= 4 is 28.8 Å². The molecule has 120 valence electrons. The molecule has 0 unspecified atom stereocenters. The largest absolute Gasteiger partial charge is 0.399 e. The van der Waals surface area contributed by atoms with Crippen molar-refractivity contribution < 1.29 is 9.59 Å². The van der Waals surface area contributed by atoms with Crippen molar-refractivity contribution in [3.8, 4) is 0 Å². The van der Waals surface area contributed by atoms with Crippen molar-refractivity contribution in [1.82, 2.24) is 9.80 Å². The van der Waals surface area contributed by atoms with E-state index in [1.165, 1.54) is 11.3 Å². The Labute approximate surface area is 139 Å². The van der Waals surface area contributed by atoms with Gasteiger partial charge in [-0.3, -0.25) is 9.59 Å². The number of nitrogens with zero attached hydrogens (tertiary/aromatic N) is 2. The van der Waals surface area contributed by atoms with Crippen LogP contribution in [0.3, 0.4) is 0 Å². The van der Waals surface area contributed by atoms with E-state index in [4.69, 9.17) is 5.73 Å². The maximum Gasteiger partial charge on any atom is 0.254 e. The number of rotatable bonds is 3. The average Bonchev–Trinajstić information content (AvgIpc) is 3.09. The molecule has 1 fully saturated rings. The lowest BCUT2D eigenvalue weighted by Gasteiger charge is -2.34. The highest BCUT2D eigenvalue weighted by atomic mass is 32.1. The third kappa shape index (κ3) is 3.71. The number of anilines is 1. The zero-order valence-electron chi connectivity index (χ0n) is 12.8. The minimum absolute atomic E-state index is 0.0502. The van der Waals surface area contributed by atoms with Crippen LogP contribution >= 0.6 is 11.3 Å². The second-order valence-corrected chi connectivity index (χ2v) is 6.39. The van der Waals surface area contributed by atoms with Crippen LogP contribution in [-0.4, -0.2) is 47.8 Å². The maximum absolute atomic E-state index is 12.4. The van der Waals surface area contributed by atoms with E-state index in [0.717, 1.165) is 11.1 Å². The predicted octanol–water partition coefficient (Wildman–Crippen LogP) is 1.86. The molecular weight excluding hydrogens is 310 g/mol. The van der Waals surface area contributed by atoms with Crippen molar-refractivity contribution in [3.05, 3.63) is 52.2 Å². The number of nitrogen functional groups attached to an aromatic ring is 1. The quantitative estimate of drug-likeness (QED) is 0.874. The fraction of sp³-hybridized carbons (Fsp3) is 0.294. The van der Waals surface area contributed by atoms with Gasteiger partial charge in [0.05, 0.1) is 12.0 Å². The lowest BCUT2D eigenvalue weighted by molar-refractivity contribution is -0.131. The van der Waals surface area contributed by atoms with Gasteiger partial charge in [0.1, 0.15) is 0 Å². The summed E-state index contributed by atoms with van der Waals surface area (Å²) in [6.45, 7) is 2.32. The van der Waals surface area contributed by atoms with Crippen LogP contribution in [0.15, 0.2) is 41.1 Å². The second kappa shape index (κ2) is 6.83. The lowest BCUT2D eigenvalue weighted by atomic mass is 10.1. The van der Waals surface area contributed by atoms with E-state index in [-0.39, 0.29) is 11.8 Å². The molecule has 0 aliphatic carbocycles. The number of piperazine rings is 1. The van der Waals surface area contributed by atoms with E-state index < -0.39 is 0 Å². The average molecular weight is 329 g/mol. The molecule has 1 aromatic heterocycles. The topological polar surface area (TPSA) is 66.6 Å². The molecule has 1 aromatic carbocycles. The molecule has 0 atom stereocenters. The minimum atomic E-state index is 0.0502. The molecule has 2 heterocycles. The summed E-state index contributed by atoms with van der Waals surface area (Å²) in [5.74, 6) is 0.132. The Morgan fingerprint density at radius 1 is 1.09 bits per heavy atom. The van der Waals surface area contributed by atoms with Crippen molar-refractivity contribution in [2.75, 3.05) is 31.9 Å². The molecule has 1 aliphatic heterocycles. The number of hydrogen-bond donors (Lipinski definition) is 1. The Morgan fingerprint density at radius 3 is 2.48 bits per heavy atom. The molecule has 5 nitrogen and oxygen atoms in total. The molecule has 3 rings (SSSR count). The molecule has 1 aliphatic rings. The molecular formula is C17H19N3O2S. The molecule has 23 heavy (non-hydrogen) atoms. The van der Waals surface area contributed by atoms with Crippen LogP contribution in [0.25, 0.3) is 0 Å². The normalized spacial score (nSPS) is 14.8. The molecule has 0 saturated carbocycles. The highest BCUT2D eigenvalue weighted by Gasteiger charge is 2.24. The van der Waals surface area contributed by atoms with Gasteiger partial charge in [-0.25, -0.2) is 0 Å². The smallest absolute Gasteiger partial charge is 0.254 e. The number of benzene rings is 1. The first-order chi connectivity index (χ1) is 11.1. The fourth-order valence-electron chi connectivity index (χ4n) is 2.72. The van der Waals surface area contributed by atoms with Crippen LogP contribution in [0, 0.1) is 0 Å². The van der Waals surface area contributed by atoms with E-state index in [0.29, 0.717) is 38.3 Å². The van der Waals surface area contributed by atoms with Gasteiger partial charge < -0.3 is 15.5 Å². The number of carbonyl (C=O) groups excluding carboxylic acids is 2. The Kier molecular flexibility index (Phi) is 4.62. The predicted molar refractivity (Wildman–Crippen MR) is 91.4 cm³/mol. The van der Waals surface area contributed by atoms with E-state index >= 15 is 0 Å². The highest BCUT2D eigenvalue weighted by molar-refractivity contribution is 7.08. The summed E-state index contributed by atoms with van der Waals surface area (Å²) in [5.41, 5.74) is 8.06. The number of amides is 2. The molecule has 0 radical (unpaired) electrons. The summed E-state index contributed by atoms with van der Waals surface area (Å²) in [6, 6.07) is 9.24. The summed E-state index contributed by atoms with van der Waals surface area (Å²) in [6.07, 6.45) is 0.351. The van der Waals surface area contributed by atoms with Crippen molar-refractivity contribution in [3.63, 3.8) is 0 Å². The third-order valence-corrected chi connectivity index (χ3v) is 4.68. The molecule has 0 bridgehead atoms. The highest BCUT2D eigenvalue weighted by Crippen LogP contribution is 2.13. The monoisotopic (exact) mass is 329 g/mol. The zero-order valence-corrected chi connectivity index (χ0v) is 13.6. The first kappa shape index (κ1) is 15.6. The summed E-state index contributed by atoms with van der Waals surface area (Å²) in [4.78, 5) is 28.3. The van der Waals surface area contributed by atoms with Crippen LogP contribution in [0.5, 0.6) is 0 Å². The molecule has 2 amide bonds. The van der Waals surface area contributed by atoms with Gasteiger partial charge in [0, 0.05) is 37.2 Å². The molecule has 2 aromatic rings. The van der Waals surface area contributed by atoms with Crippen LogP contribution in [0.1, 0.15) is 15.9 Å². The Balaban J connectivity index is 1.54. The molecule has 6 heteroatoms. The second-order valence-electron chi connectivity index (χ2n) is 5.61. The van der Waals surface area contributed by atoms with E-state index in [1.54, 1.807) is 0 Å². The lowest BCUT2D eigenvalue weighted by Crippen LogP contribution is -2.50. The van der Waals surface area contributed by atoms with Crippen molar-refractivity contribution in [2.24, 2.45) is 0 Å². The first-order valence-electron chi connectivity index (χ1n) is 7.57.